The molecule has 4 aromatic rings. The van der Waals surface area contributed by atoms with Crippen molar-refractivity contribution in [3.05, 3.63) is 108 Å². The summed E-state index contributed by atoms with van der Waals surface area (Å²) in [6.45, 7) is 3.92. The van der Waals surface area contributed by atoms with Crippen LogP contribution in [0.1, 0.15) is 42.9 Å². The molecule has 1 aliphatic heterocycles. The minimum Gasteiger partial charge on any atom is -0.491 e. The van der Waals surface area contributed by atoms with E-state index in [4.69, 9.17) is 17.0 Å². The highest BCUT2D eigenvalue weighted by Crippen LogP contribution is 2.43. The van der Waals surface area contributed by atoms with E-state index in [1.165, 1.54) is 6.07 Å². The monoisotopic (exact) mass is 522 g/mol. The molecule has 5 rings (SSSR count). The SMILES string of the molecule is CC(C)Oc1ccc(N2C(=S)N[C@@H](c3ccccn3)[C@H]2c2cccn2-c2cccc(C(F)(F)F)c2)cc1. The molecule has 2 atom stereocenters. The number of hydrogen-bond donors (Lipinski definition) is 1. The minimum atomic E-state index is -4.44. The van der Waals surface area contributed by atoms with Crippen LogP contribution in [-0.4, -0.2) is 20.8 Å². The molecule has 1 aliphatic rings. The molecule has 190 valence electrons. The standard InChI is InChI=1S/C28H25F3N4OS/c1-18(2)36-22-13-11-20(12-14-22)35-26(25(33-27(35)37)23-9-3-4-15-32-23)24-10-6-16-34(24)21-8-5-7-19(17-21)28(29,30)31/h3-18,25-26H,1-2H3,(H,33,37)/t25-,26+/m0/s1. The molecule has 1 fully saturated rings. The topological polar surface area (TPSA) is 42.3 Å². The maximum absolute atomic E-state index is 13.5. The number of anilines is 1. The summed E-state index contributed by atoms with van der Waals surface area (Å²) in [5.41, 5.74) is 2.07. The predicted molar refractivity (Wildman–Crippen MR) is 141 cm³/mol. The van der Waals surface area contributed by atoms with Crippen LogP contribution in [0.3, 0.4) is 0 Å². The fourth-order valence-electron chi connectivity index (χ4n) is 4.59. The highest BCUT2D eigenvalue weighted by atomic mass is 32.1. The molecular formula is C28H25F3N4OS. The van der Waals surface area contributed by atoms with Crippen molar-refractivity contribution in [3.8, 4) is 11.4 Å². The van der Waals surface area contributed by atoms with Gasteiger partial charge in [-0.3, -0.25) is 4.98 Å². The summed E-state index contributed by atoms with van der Waals surface area (Å²) in [7, 11) is 0. The Morgan fingerprint density at radius 2 is 1.73 bits per heavy atom. The molecule has 0 unspecified atom stereocenters. The average molecular weight is 523 g/mol. The first-order valence-electron chi connectivity index (χ1n) is 11.8. The lowest BCUT2D eigenvalue weighted by Gasteiger charge is -2.29. The molecule has 0 saturated carbocycles. The summed E-state index contributed by atoms with van der Waals surface area (Å²) >= 11 is 5.78. The predicted octanol–water partition coefficient (Wildman–Crippen LogP) is 6.86. The van der Waals surface area contributed by atoms with Crippen LogP contribution in [0.15, 0.2) is 91.3 Å². The van der Waals surface area contributed by atoms with Crippen LogP contribution < -0.4 is 15.0 Å². The third-order valence-corrected chi connectivity index (χ3v) is 6.43. The number of nitrogens with zero attached hydrogens (tertiary/aromatic N) is 3. The van der Waals surface area contributed by atoms with Crippen LogP contribution in [0.2, 0.25) is 0 Å². The Kier molecular flexibility index (Phi) is 6.64. The van der Waals surface area contributed by atoms with E-state index in [1.54, 1.807) is 23.0 Å². The number of hydrogen-bond acceptors (Lipinski definition) is 3. The third-order valence-electron chi connectivity index (χ3n) is 6.12. The van der Waals surface area contributed by atoms with Crippen molar-refractivity contribution < 1.29 is 17.9 Å². The maximum Gasteiger partial charge on any atom is 0.416 e. The second-order valence-electron chi connectivity index (χ2n) is 9.01. The summed E-state index contributed by atoms with van der Waals surface area (Å²) < 4.78 is 48.0. The number of nitrogens with one attached hydrogen (secondary N) is 1. The molecule has 0 bridgehead atoms. The van der Waals surface area contributed by atoms with Crippen molar-refractivity contribution in [1.82, 2.24) is 14.9 Å². The molecule has 1 saturated heterocycles. The van der Waals surface area contributed by atoms with Gasteiger partial charge in [0.1, 0.15) is 11.8 Å². The summed E-state index contributed by atoms with van der Waals surface area (Å²) in [6.07, 6.45) is -0.928. The Bertz CT molecular complexity index is 1390. The Morgan fingerprint density at radius 3 is 2.41 bits per heavy atom. The number of ether oxygens (including phenoxy) is 1. The van der Waals surface area contributed by atoms with Gasteiger partial charge in [0.15, 0.2) is 5.11 Å². The van der Waals surface area contributed by atoms with Gasteiger partial charge < -0.3 is 19.5 Å². The van der Waals surface area contributed by atoms with E-state index in [-0.39, 0.29) is 18.2 Å². The Balaban J connectivity index is 1.61. The van der Waals surface area contributed by atoms with Gasteiger partial charge in [0.05, 0.1) is 23.4 Å². The van der Waals surface area contributed by atoms with E-state index in [9.17, 15) is 13.2 Å². The number of aromatic nitrogens is 2. The van der Waals surface area contributed by atoms with Crippen LogP contribution in [0.5, 0.6) is 5.75 Å². The second-order valence-corrected chi connectivity index (χ2v) is 9.39. The highest BCUT2D eigenvalue weighted by molar-refractivity contribution is 7.80. The van der Waals surface area contributed by atoms with Crippen LogP contribution in [0.4, 0.5) is 18.9 Å². The zero-order valence-electron chi connectivity index (χ0n) is 20.2. The zero-order chi connectivity index (χ0) is 26.2. The molecule has 2 aromatic carbocycles. The highest BCUT2D eigenvalue weighted by Gasteiger charge is 2.42. The van der Waals surface area contributed by atoms with Crippen molar-refractivity contribution >= 4 is 23.0 Å². The van der Waals surface area contributed by atoms with Crippen molar-refractivity contribution in [2.24, 2.45) is 0 Å². The molecule has 9 heteroatoms. The van der Waals surface area contributed by atoms with Crippen molar-refractivity contribution in [1.29, 1.82) is 0 Å². The van der Waals surface area contributed by atoms with Crippen molar-refractivity contribution in [3.63, 3.8) is 0 Å². The molecule has 3 heterocycles. The maximum atomic E-state index is 13.5. The number of rotatable bonds is 6. The largest absolute Gasteiger partial charge is 0.491 e. The molecular weight excluding hydrogens is 497 g/mol. The van der Waals surface area contributed by atoms with Gasteiger partial charge in [-0.05, 0) is 92.8 Å². The molecule has 2 aromatic heterocycles. The van der Waals surface area contributed by atoms with E-state index < -0.39 is 11.7 Å². The Morgan fingerprint density at radius 1 is 0.946 bits per heavy atom. The van der Waals surface area contributed by atoms with Gasteiger partial charge in [-0.15, -0.1) is 0 Å². The fraction of sp³-hybridized carbons (Fsp3) is 0.214. The van der Waals surface area contributed by atoms with Gasteiger partial charge in [0, 0.05) is 29.5 Å². The van der Waals surface area contributed by atoms with E-state index in [0.29, 0.717) is 10.8 Å². The van der Waals surface area contributed by atoms with E-state index >= 15 is 0 Å². The molecule has 0 amide bonds. The fourth-order valence-corrected chi connectivity index (χ4v) is 4.94. The molecule has 5 nitrogen and oxygen atoms in total. The Hall–Kier alpha value is -3.85. The number of thiocarbonyl (C=S) groups is 1. The normalized spacial score (nSPS) is 17.8. The van der Waals surface area contributed by atoms with Crippen LogP contribution in [0.25, 0.3) is 5.69 Å². The Labute approximate surface area is 218 Å². The quantitative estimate of drug-likeness (QED) is 0.281. The van der Waals surface area contributed by atoms with Gasteiger partial charge in [-0.2, -0.15) is 13.2 Å². The lowest BCUT2D eigenvalue weighted by molar-refractivity contribution is -0.137. The minimum absolute atomic E-state index is 0.0393. The number of halogens is 3. The lowest BCUT2D eigenvalue weighted by Crippen LogP contribution is -2.30. The van der Waals surface area contributed by atoms with Gasteiger partial charge >= 0.3 is 6.18 Å². The molecule has 0 spiro atoms. The van der Waals surface area contributed by atoms with Gasteiger partial charge in [0.25, 0.3) is 0 Å². The summed E-state index contributed by atoms with van der Waals surface area (Å²) in [4.78, 5) is 6.53. The smallest absolute Gasteiger partial charge is 0.416 e. The lowest BCUT2D eigenvalue weighted by atomic mass is 10.0. The molecule has 0 aliphatic carbocycles. The van der Waals surface area contributed by atoms with Gasteiger partial charge in [0.2, 0.25) is 0 Å². The first-order valence-corrected chi connectivity index (χ1v) is 12.3. The van der Waals surface area contributed by atoms with Crippen molar-refractivity contribution in [2.45, 2.75) is 38.2 Å². The summed E-state index contributed by atoms with van der Waals surface area (Å²) in [5.74, 6) is 0.738. The number of alkyl halides is 3. The molecule has 0 radical (unpaired) electrons. The first kappa shape index (κ1) is 24.8. The molecule has 1 N–H and O–H groups in total. The van der Waals surface area contributed by atoms with E-state index in [2.05, 4.69) is 10.3 Å². The summed E-state index contributed by atoms with van der Waals surface area (Å²) in [6, 6.07) is 21.6. The average Bonchev–Trinajstić information content (AvgIpc) is 3.49. The van der Waals surface area contributed by atoms with E-state index in [0.717, 1.165) is 35.0 Å². The second kappa shape index (κ2) is 9.89. The van der Waals surface area contributed by atoms with Crippen molar-refractivity contribution in [2.75, 3.05) is 4.90 Å². The molecule has 37 heavy (non-hydrogen) atoms. The van der Waals surface area contributed by atoms with Crippen LogP contribution in [-0.2, 0) is 6.18 Å². The van der Waals surface area contributed by atoms with Crippen LogP contribution >= 0.6 is 12.2 Å². The zero-order valence-corrected chi connectivity index (χ0v) is 21.0. The van der Waals surface area contributed by atoms with Gasteiger partial charge in [-0.25, -0.2) is 0 Å². The van der Waals surface area contributed by atoms with Gasteiger partial charge in [-0.1, -0.05) is 12.1 Å². The van der Waals surface area contributed by atoms with Crippen LogP contribution in [0, 0.1) is 0 Å². The third kappa shape index (κ3) is 5.04. The van der Waals surface area contributed by atoms with E-state index in [1.807, 2.05) is 73.3 Å². The first-order chi connectivity index (χ1) is 17.7. The number of pyridine rings is 1. The summed E-state index contributed by atoms with van der Waals surface area (Å²) in [5, 5.41) is 3.88. The number of benzene rings is 2.